The third-order valence-electron chi connectivity index (χ3n) is 2.23. The molecule has 0 radical (unpaired) electrons. The van der Waals surface area contributed by atoms with Crippen LogP contribution in [0.2, 0.25) is 5.02 Å². The van der Waals surface area contributed by atoms with Gasteiger partial charge in [-0.3, -0.25) is 4.79 Å². The lowest BCUT2D eigenvalue weighted by molar-refractivity contribution is -0.116. The summed E-state index contributed by atoms with van der Waals surface area (Å²) in [5.41, 5.74) is 0.800. The van der Waals surface area contributed by atoms with Crippen LogP contribution in [0.1, 0.15) is 37.0 Å². The van der Waals surface area contributed by atoms with Gasteiger partial charge in [-0.05, 0) is 31.5 Å². The molecule has 0 saturated heterocycles. The third-order valence-corrected chi connectivity index (χ3v) is 2.56. The smallest absolute Gasteiger partial charge is 0.338 e. The molecule has 0 unspecified atom stereocenters. The van der Waals surface area contributed by atoms with Crippen molar-refractivity contribution in [3.8, 4) is 0 Å². The zero-order valence-electron chi connectivity index (χ0n) is 10.5. The van der Waals surface area contributed by atoms with Gasteiger partial charge in [-0.15, -0.1) is 0 Å². The second kappa shape index (κ2) is 7.01. The average molecular weight is 270 g/mol. The molecule has 0 atom stereocenters. The predicted octanol–water partition coefficient (Wildman–Crippen LogP) is 3.26. The van der Waals surface area contributed by atoms with Gasteiger partial charge in [0.1, 0.15) is 0 Å². The van der Waals surface area contributed by atoms with E-state index in [1.54, 1.807) is 19.1 Å². The third kappa shape index (κ3) is 4.04. The lowest BCUT2D eigenvalue weighted by atomic mass is 10.2. The van der Waals surface area contributed by atoms with Gasteiger partial charge in [0.2, 0.25) is 5.91 Å². The number of benzene rings is 1. The second-order valence-corrected chi connectivity index (χ2v) is 4.12. The Hall–Kier alpha value is -1.55. The summed E-state index contributed by atoms with van der Waals surface area (Å²) >= 11 is 5.96. The molecule has 1 rings (SSSR count). The van der Waals surface area contributed by atoms with E-state index >= 15 is 0 Å². The first kappa shape index (κ1) is 14.5. The van der Waals surface area contributed by atoms with Crippen LogP contribution < -0.4 is 5.32 Å². The Morgan fingerprint density at radius 2 is 2.06 bits per heavy atom. The van der Waals surface area contributed by atoms with Gasteiger partial charge in [-0.2, -0.15) is 0 Å². The van der Waals surface area contributed by atoms with Gasteiger partial charge in [-0.1, -0.05) is 18.5 Å². The first-order valence-corrected chi connectivity index (χ1v) is 6.22. The minimum atomic E-state index is -0.430. The molecule has 1 N–H and O–H groups in total. The largest absolute Gasteiger partial charge is 0.462 e. The Bertz CT molecular complexity index is 446. The monoisotopic (exact) mass is 269 g/mol. The second-order valence-electron chi connectivity index (χ2n) is 3.71. The van der Waals surface area contributed by atoms with Crippen molar-refractivity contribution in [1.82, 2.24) is 0 Å². The average Bonchev–Trinajstić information content (AvgIpc) is 2.32. The van der Waals surface area contributed by atoms with Crippen LogP contribution in [0.3, 0.4) is 0 Å². The fourth-order valence-electron chi connectivity index (χ4n) is 1.40. The van der Waals surface area contributed by atoms with E-state index in [2.05, 4.69) is 5.32 Å². The Balaban J connectivity index is 2.87. The summed E-state index contributed by atoms with van der Waals surface area (Å²) < 4.78 is 4.88. The topological polar surface area (TPSA) is 55.4 Å². The van der Waals surface area contributed by atoms with Crippen molar-refractivity contribution in [2.75, 3.05) is 11.9 Å². The van der Waals surface area contributed by atoms with Crippen molar-refractivity contribution < 1.29 is 14.3 Å². The highest BCUT2D eigenvalue weighted by molar-refractivity contribution is 6.33. The minimum absolute atomic E-state index is 0.125. The van der Waals surface area contributed by atoms with Crippen LogP contribution in [0, 0.1) is 0 Å². The Morgan fingerprint density at radius 1 is 1.33 bits per heavy atom. The molecule has 0 saturated carbocycles. The van der Waals surface area contributed by atoms with Crippen molar-refractivity contribution in [3.05, 3.63) is 28.8 Å². The number of esters is 1. The van der Waals surface area contributed by atoms with Gasteiger partial charge in [0.25, 0.3) is 0 Å². The predicted molar refractivity (Wildman–Crippen MR) is 70.9 cm³/mol. The summed E-state index contributed by atoms with van der Waals surface area (Å²) in [6.07, 6.45) is 1.17. The Labute approximate surface area is 111 Å². The van der Waals surface area contributed by atoms with Crippen LogP contribution in [0.5, 0.6) is 0 Å². The molecular formula is C13H16ClNO3. The number of halogens is 1. The Morgan fingerprint density at radius 3 is 2.67 bits per heavy atom. The highest BCUT2D eigenvalue weighted by Crippen LogP contribution is 2.23. The molecule has 1 aromatic carbocycles. The van der Waals surface area contributed by atoms with E-state index in [0.29, 0.717) is 29.3 Å². The fourth-order valence-corrected chi connectivity index (χ4v) is 1.57. The SMILES string of the molecule is CCCC(=O)Nc1cc(C(=O)OCC)ccc1Cl. The van der Waals surface area contributed by atoms with Gasteiger partial charge in [0, 0.05) is 6.42 Å². The maximum Gasteiger partial charge on any atom is 0.338 e. The first-order valence-electron chi connectivity index (χ1n) is 5.85. The number of nitrogens with one attached hydrogen (secondary N) is 1. The van der Waals surface area contributed by atoms with Crippen LogP contribution in [-0.4, -0.2) is 18.5 Å². The number of ether oxygens (including phenoxy) is 1. The van der Waals surface area contributed by atoms with E-state index in [-0.39, 0.29) is 5.91 Å². The van der Waals surface area contributed by atoms with Crippen LogP contribution >= 0.6 is 11.6 Å². The number of rotatable bonds is 5. The molecule has 18 heavy (non-hydrogen) atoms. The minimum Gasteiger partial charge on any atom is -0.462 e. The standard InChI is InChI=1S/C13H16ClNO3/c1-3-5-12(16)15-11-8-9(6-7-10(11)14)13(17)18-4-2/h6-8H,3-5H2,1-2H3,(H,15,16). The van der Waals surface area contributed by atoms with E-state index in [0.717, 1.165) is 6.42 Å². The van der Waals surface area contributed by atoms with E-state index in [4.69, 9.17) is 16.3 Å². The lowest BCUT2D eigenvalue weighted by Gasteiger charge is -2.08. The molecule has 0 fully saturated rings. The van der Waals surface area contributed by atoms with Gasteiger partial charge in [0.05, 0.1) is 22.9 Å². The van der Waals surface area contributed by atoms with E-state index in [9.17, 15) is 9.59 Å². The van der Waals surface area contributed by atoms with E-state index in [1.807, 2.05) is 6.92 Å². The molecule has 5 heteroatoms. The summed E-state index contributed by atoms with van der Waals surface area (Å²) in [5, 5.41) is 3.07. The molecule has 0 aliphatic carbocycles. The maximum atomic E-state index is 11.5. The highest BCUT2D eigenvalue weighted by atomic mass is 35.5. The molecule has 1 amide bonds. The van der Waals surface area contributed by atoms with E-state index in [1.165, 1.54) is 6.07 Å². The Kier molecular flexibility index (Phi) is 5.65. The van der Waals surface area contributed by atoms with Crippen molar-refractivity contribution in [1.29, 1.82) is 0 Å². The molecule has 1 aromatic rings. The van der Waals surface area contributed by atoms with Crippen molar-refractivity contribution in [2.45, 2.75) is 26.7 Å². The van der Waals surface area contributed by atoms with Crippen molar-refractivity contribution in [2.24, 2.45) is 0 Å². The molecule has 0 aromatic heterocycles. The van der Waals surface area contributed by atoms with Gasteiger partial charge >= 0.3 is 5.97 Å². The quantitative estimate of drug-likeness (QED) is 0.835. The summed E-state index contributed by atoms with van der Waals surface area (Å²) in [7, 11) is 0. The lowest BCUT2D eigenvalue weighted by Crippen LogP contribution is -2.12. The first-order chi connectivity index (χ1) is 8.58. The van der Waals surface area contributed by atoms with Crippen molar-refractivity contribution >= 4 is 29.2 Å². The summed E-state index contributed by atoms with van der Waals surface area (Å²) in [6, 6.07) is 4.65. The normalized spacial score (nSPS) is 9.94. The number of carbonyl (C=O) groups excluding carboxylic acids is 2. The highest BCUT2D eigenvalue weighted by Gasteiger charge is 2.11. The fraction of sp³-hybridized carbons (Fsp3) is 0.385. The zero-order valence-corrected chi connectivity index (χ0v) is 11.2. The molecule has 0 aliphatic heterocycles. The molecule has 0 bridgehead atoms. The van der Waals surface area contributed by atoms with Crippen LogP contribution in [0.4, 0.5) is 5.69 Å². The summed E-state index contributed by atoms with van der Waals surface area (Å²) in [5.74, 6) is -0.555. The molecule has 4 nitrogen and oxygen atoms in total. The molecule has 0 aliphatic rings. The van der Waals surface area contributed by atoms with Crippen molar-refractivity contribution in [3.63, 3.8) is 0 Å². The van der Waals surface area contributed by atoms with Gasteiger partial charge in [0.15, 0.2) is 0 Å². The number of carbonyl (C=O) groups is 2. The van der Waals surface area contributed by atoms with Gasteiger partial charge in [-0.25, -0.2) is 4.79 Å². The summed E-state index contributed by atoms with van der Waals surface area (Å²) in [6.45, 7) is 3.95. The van der Waals surface area contributed by atoms with Crippen LogP contribution in [0.15, 0.2) is 18.2 Å². The molecule has 98 valence electrons. The maximum absolute atomic E-state index is 11.5. The van der Waals surface area contributed by atoms with Gasteiger partial charge < -0.3 is 10.1 Å². The number of hydrogen-bond donors (Lipinski definition) is 1. The number of amides is 1. The molecule has 0 spiro atoms. The molecule has 0 heterocycles. The van der Waals surface area contributed by atoms with Crippen LogP contribution in [-0.2, 0) is 9.53 Å². The number of anilines is 1. The zero-order chi connectivity index (χ0) is 13.5. The summed E-state index contributed by atoms with van der Waals surface area (Å²) in [4.78, 5) is 23.0. The molecular weight excluding hydrogens is 254 g/mol. The van der Waals surface area contributed by atoms with Crippen LogP contribution in [0.25, 0.3) is 0 Å². The van der Waals surface area contributed by atoms with E-state index < -0.39 is 5.97 Å². The number of hydrogen-bond acceptors (Lipinski definition) is 3.